The first kappa shape index (κ1) is 14.1. The minimum absolute atomic E-state index is 0.0177. The molecule has 0 saturated carbocycles. The topological polar surface area (TPSA) is 90.2 Å². The Morgan fingerprint density at radius 2 is 2.50 bits per heavy atom. The molecule has 2 heterocycles. The highest BCUT2D eigenvalue weighted by atomic mass is 32.2. The molecule has 0 fully saturated rings. The predicted octanol–water partition coefficient (Wildman–Crippen LogP) is 0.798. The summed E-state index contributed by atoms with van der Waals surface area (Å²) in [6.45, 7) is 1.09. The number of amides is 1. The third kappa shape index (κ3) is 4.10. The number of thioether (sulfide) groups is 1. The van der Waals surface area contributed by atoms with Gasteiger partial charge in [0.05, 0.1) is 6.54 Å². The maximum absolute atomic E-state index is 11.8. The minimum atomic E-state index is -0.424. The lowest BCUT2D eigenvalue weighted by Crippen LogP contribution is -2.25. The van der Waals surface area contributed by atoms with E-state index in [0.717, 1.165) is 23.0 Å². The molecule has 1 aromatic heterocycles. The van der Waals surface area contributed by atoms with Crippen LogP contribution in [-0.2, 0) is 11.3 Å². The van der Waals surface area contributed by atoms with Crippen molar-refractivity contribution in [1.82, 2.24) is 15.6 Å². The molecule has 0 saturated heterocycles. The van der Waals surface area contributed by atoms with Gasteiger partial charge in [-0.3, -0.25) is 14.8 Å². The summed E-state index contributed by atoms with van der Waals surface area (Å²) in [6, 6.07) is 5.51. The molecule has 7 heteroatoms. The smallest absolute Gasteiger partial charge is 0.263 e. The van der Waals surface area contributed by atoms with Crippen molar-refractivity contribution in [3.8, 4) is 6.07 Å². The molecule has 0 aliphatic carbocycles. The fraction of sp³-hybridized carbons (Fsp3) is 0.231. The average Bonchev–Trinajstić information content (AvgIpc) is 3.00. The van der Waals surface area contributed by atoms with Gasteiger partial charge in [0.2, 0.25) is 0 Å². The summed E-state index contributed by atoms with van der Waals surface area (Å²) in [6.07, 6.45) is 4.71. The highest BCUT2D eigenvalue weighted by Crippen LogP contribution is 2.09. The summed E-state index contributed by atoms with van der Waals surface area (Å²) < 4.78 is 0. The van der Waals surface area contributed by atoms with Crippen LogP contribution in [-0.4, -0.2) is 28.4 Å². The van der Waals surface area contributed by atoms with E-state index in [-0.39, 0.29) is 5.57 Å². The molecule has 0 unspecified atom stereocenters. The Labute approximate surface area is 121 Å². The molecule has 1 aliphatic heterocycles. The molecule has 1 aromatic rings. The fourth-order valence-corrected chi connectivity index (χ4v) is 2.19. The van der Waals surface area contributed by atoms with Gasteiger partial charge in [-0.15, -0.1) is 0 Å². The van der Waals surface area contributed by atoms with Crippen molar-refractivity contribution in [3.63, 3.8) is 0 Å². The predicted molar refractivity (Wildman–Crippen MR) is 77.7 cm³/mol. The van der Waals surface area contributed by atoms with Crippen molar-refractivity contribution in [3.05, 3.63) is 41.9 Å². The van der Waals surface area contributed by atoms with Crippen molar-refractivity contribution in [2.75, 3.05) is 12.3 Å². The maximum Gasteiger partial charge on any atom is 0.263 e. The van der Waals surface area contributed by atoms with E-state index in [1.54, 1.807) is 30.2 Å². The highest BCUT2D eigenvalue weighted by Gasteiger charge is 2.10. The number of aliphatic imine (C=N–C) groups is 1. The van der Waals surface area contributed by atoms with Crippen molar-refractivity contribution in [2.45, 2.75) is 6.54 Å². The first-order chi connectivity index (χ1) is 9.79. The van der Waals surface area contributed by atoms with Gasteiger partial charge in [-0.2, -0.15) is 5.26 Å². The van der Waals surface area contributed by atoms with Crippen molar-refractivity contribution >= 4 is 22.8 Å². The van der Waals surface area contributed by atoms with Gasteiger partial charge < -0.3 is 10.6 Å². The van der Waals surface area contributed by atoms with E-state index in [9.17, 15) is 4.79 Å². The van der Waals surface area contributed by atoms with Gasteiger partial charge >= 0.3 is 0 Å². The number of rotatable bonds is 4. The number of nitriles is 1. The number of carbonyl (C=O) groups is 1. The standard InChI is InChI=1S/C13H13N5OS/c14-6-11(9-18-13-16-4-5-20-13)12(19)17-8-10-2-1-3-15-7-10/h1-3,7,9H,4-5,8H2,(H,16,18)(H,17,19)/b11-9-. The van der Waals surface area contributed by atoms with Crippen LogP contribution < -0.4 is 10.6 Å². The number of aromatic nitrogens is 1. The summed E-state index contributed by atoms with van der Waals surface area (Å²) in [7, 11) is 0. The Hall–Kier alpha value is -2.33. The zero-order valence-corrected chi connectivity index (χ0v) is 11.5. The van der Waals surface area contributed by atoms with Crippen molar-refractivity contribution in [2.24, 2.45) is 4.99 Å². The number of amidine groups is 1. The number of nitrogens with one attached hydrogen (secondary N) is 2. The molecule has 0 atom stereocenters. The Balaban J connectivity index is 1.88. The Kier molecular flexibility index (Phi) is 5.15. The molecule has 0 aromatic carbocycles. The monoisotopic (exact) mass is 287 g/mol. The van der Waals surface area contributed by atoms with E-state index < -0.39 is 5.91 Å². The van der Waals surface area contributed by atoms with Gasteiger partial charge in [0, 0.05) is 30.9 Å². The van der Waals surface area contributed by atoms with E-state index in [1.807, 2.05) is 12.1 Å². The molecular weight excluding hydrogens is 274 g/mol. The summed E-state index contributed by atoms with van der Waals surface area (Å²) in [4.78, 5) is 20.0. The molecule has 1 aliphatic rings. The summed E-state index contributed by atoms with van der Waals surface area (Å²) in [5, 5.41) is 15.3. The van der Waals surface area contributed by atoms with Gasteiger partial charge in [-0.05, 0) is 11.6 Å². The molecule has 0 spiro atoms. The van der Waals surface area contributed by atoms with Crippen LogP contribution in [0.25, 0.3) is 0 Å². The normalized spacial score (nSPS) is 14.3. The van der Waals surface area contributed by atoms with Crippen LogP contribution in [0.4, 0.5) is 0 Å². The highest BCUT2D eigenvalue weighted by molar-refractivity contribution is 8.14. The molecule has 2 rings (SSSR count). The number of hydrogen-bond acceptors (Lipinski definition) is 6. The lowest BCUT2D eigenvalue weighted by molar-refractivity contribution is -0.117. The second kappa shape index (κ2) is 7.31. The first-order valence-electron chi connectivity index (χ1n) is 6.01. The SMILES string of the molecule is N#C/C(=C/NC1=NCCS1)C(=O)NCc1cccnc1. The van der Waals surface area contributed by atoms with Crippen molar-refractivity contribution in [1.29, 1.82) is 5.26 Å². The fourth-order valence-electron chi connectivity index (χ4n) is 1.49. The minimum Gasteiger partial charge on any atom is -0.347 e. The van der Waals surface area contributed by atoms with Gasteiger partial charge in [0.15, 0.2) is 5.17 Å². The second-order valence-corrected chi connectivity index (χ2v) is 4.98. The summed E-state index contributed by atoms with van der Waals surface area (Å²) >= 11 is 1.56. The van der Waals surface area contributed by atoms with Crippen LogP contribution in [0.15, 0.2) is 41.3 Å². The third-order valence-electron chi connectivity index (χ3n) is 2.47. The molecule has 0 radical (unpaired) electrons. The van der Waals surface area contributed by atoms with Crippen LogP contribution in [0.1, 0.15) is 5.56 Å². The Bertz CT molecular complexity index is 576. The van der Waals surface area contributed by atoms with E-state index >= 15 is 0 Å². The quantitative estimate of drug-likeness (QED) is 0.631. The summed E-state index contributed by atoms with van der Waals surface area (Å²) in [5.74, 6) is 0.498. The van der Waals surface area contributed by atoms with E-state index in [4.69, 9.17) is 5.26 Å². The van der Waals surface area contributed by atoms with Gasteiger partial charge in [0.1, 0.15) is 11.6 Å². The van der Waals surface area contributed by atoms with Gasteiger partial charge in [-0.25, -0.2) is 0 Å². The molecule has 6 nitrogen and oxygen atoms in total. The van der Waals surface area contributed by atoms with Crippen LogP contribution in [0, 0.1) is 11.3 Å². The average molecular weight is 287 g/mol. The third-order valence-corrected chi connectivity index (χ3v) is 3.37. The van der Waals surface area contributed by atoms with Gasteiger partial charge in [-0.1, -0.05) is 17.8 Å². The Morgan fingerprint density at radius 1 is 1.60 bits per heavy atom. The number of hydrogen-bond donors (Lipinski definition) is 2. The lowest BCUT2D eigenvalue weighted by Gasteiger charge is -2.04. The van der Waals surface area contributed by atoms with Crippen LogP contribution in [0.5, 0.6) is 0 Å². The van der Waals surface area contributed by atoms with E-state index in [1.165, 1.54) is 6.20 Å². The number of nitrogens with zero attached hydrogens (tertiary/aromatic N) is 3. The maximum atomic E-state index is 11.8. The Morgan fingerprint density at radius 3 is 3.15 bits per heavy atom. The van der Waals surface area contributed by atoms with Crippen molar-refractivity contribution < 1.29 is 4.79 Å². The largest absolute Gasteiger partial charge is 0.347 e. The molecule has 20 heavy (non-hydrogen) atoms. The first-order valence-corrected chi connectivity index (χ1v) is 6.99. The van der Waals surface area contributed by atoms with Crippen LogP contribution in [0.2, 0.25) is 0 Å². The zero-order chi connectivity index (χ0) is 14.2. The zero-order valence-electron chi connectivity index (χ0n) is 10.7. The lowest BCUT2D eigenvalue weighted by atomic mass is 10.2. The molecular formula is C13H13N5OS. The van der Waals surface area contributed by atoms with Gasteiger partial charge in [0.25, 0.3) is 5.91 Å². The van der Waals surface area contributed by atoms with E-state index in [0.29, 0.717) is 6.54 Å². The molecule has 0 bridgehead atoms. The molecule has 102 valence electrons. The van der Waals surface area contributed by atoms with Crippen LogP contribution in [0.3, 0.4) is 0 Å². The molecule has 2 N–H and O–H groups in total. The van der Waals surface area contributed by atoms with E-state index in [2.05, 4.69) is 20.6 Å². The summed E-state index contributed by atoms with van der Waals surface area (Å²) in [5.41, 5.74) is 0.894. The number of carbonyl (C=O) groups excluding carboxylic acids is 1. The number of pyridine rings is 1. The second-order valence-electron chi connectivity index (χ2n) is 3.89. The van der Waals surface area contributed by atoms with Crippen LogP contribution >= 0.6 is 11.8 Å². The molecule has 1 amide bonds.